The van der Waals surface area contributed by atoms with Crippen LogP contribution < -0.4 is 11.1 Å². The fourth-order valence-electron chi connectivity index (χ4n) is 1.69. The minimum Gasteiger partial charge on any atom is -0.353 e. The van der Waals surface area contributed by atoms with Gasteiger partial charge in [-0.1, -0.05) is 27.2 Å². The van der Waals surface area contributed by atoms with E-state index in [0.29, 0.717) is 6.54 Å². The van der Waals surface area contributed by atoms with E-state index < -0.39 is 0 Å². The summed E-state index contributed by atoms with van der Waals surface area (Å²) in [4.78, 5) is 12.0. The van der Waals surface area contributed by atoms with Crippen molar-refractivity contribution >= 4 is 5.91 Å². The Labute approximate surface area is 92.8 Å². The van der Waals surface area contributed by atoms with Gasteiger partial charge in [0.2, 0.25) is 5.91 Å². The number of hydrogen-bond donors (Lipinski definition) is 2. The lowest BCUT2D eigenvalue weighted by molar-refractivity contribution is -0.136. The lowest BCUT2D eigenvalue weighted by Gasteiger charge is -2.41. The van der Waals surface area contributed by atoms with Gasteiger partial charge in [-0.15, -0.1) is 0 Å². The van der Waals surface area contributed by atoms with E-state index in [1.54, 1.807) is 0 Å². The van der Waals surface area contributed by atoms with E-state index in [0.717, 1.165) is 19.3 Å². The maximum absolute atomic E-state index is 12.0. The molecule has 3 N–H and O–H groups in total. The Morgan fingerprint density at radius 2 is 2.00 bits per heavy atom. The molecule has 1 aliphatic carbocycles. The predicted octanol–water partition coefficient (Wildman–Crippen LogP) is 1.67. The summed E-state index contributed by atoms with van der Waals surface area (Å²) in [5, 5.41) is 3.09. The highest BCUT2D eigenvalue weighted by Gasteiger charge is 2.43. The summed E-state index contributed by atoms with van der Waals surface area (Å²) in [6.45, 7) is 8.94. The van der Waals surface area contributed by atoms with Gasteiger partial charge < -0.3 is 11.1 Å². The Morgan fingerprint density at radius 1 is 1.47 bits per heavy atom. The van der Waals surface area contributed by atoms with Gasteiger partial charge in [0.1, 0.15) is 0 Å². The number of rotatable bonds is 3. The molecule has 0 aromatic heterocycles. The molecular formula is C12H24N2O. The van der Waals surface area contributed by atoms with Gasteiger partial charge in [0.25, 0.3) is 0 Å². The number of nitrogens with two attached hydrogens (primary N) is 1. The molecule has 0 radical (unpaired) electrons. The van der Waals surface area contributed by atoms with Crippen LogP contribution in [0.4, 0.5) is 0 Å². The highest BCUT2D eigenvalue weighted by molar-refractivity contribution is 5.84. The Morgan fingerprint density at radius 3 is 2.27 bits per heavy atom. The third-order valence-electron chi connectivity index (χ3n) is 3.83. The summed E-state index contributed by atoms with van der Waals surface area (Å²) in [5.41, 5.74) is 5.55. The van der Waals surface area contributed by atoms with Crippen LogP contribution in [-0.4, -0.2) is 18.5 Å². The highest BCUT2D eigenvalue weighted by atomic mass is 16.2. The van der Waals surface area contributed by atoms with Gasteiger partial charge in [0.05, 0.1) is 5.41 Å². The average molecular weight is 212 g/mol. The summed E-state index contributed by atoms with van der Waals surface area (Å²) in [5.74, 6) is 0.152. The van der Waals surface area contributed by atoms with Gasteiger partial charge in [-0.05, 0) is 25.2 Å². The SMILES string of the molecule is CC(NC(=O)C1(CN)CCC1)C(C)(C)C. The first-order chi connectivity index (χ1) is 6.82. The van der Waals surface area contributed by atoms with E-state index in [2.05, 4.69) is 33.0 Å². The zero-order valence-electron chi connectivity index (χ0n) is 10.4. The molecule has 1 atom stereocenters. The number of amides is 1. The van der Waals surface area contributed by atoms with E-state index in [4.69, 9.17) is 5.73 Å². The highest BCUT2D eigenvalue weighted by Crippen LogP contribution is 2.40. The second kappa shape index (κ2) is 4.12. The lowest BCUT2D eigenvalue weighted by Crippen LogP contribution is -2.54. The van der Waals surface area contributed by atoms with Crippen LogP contribution in [0.15, 0.2) is 0 Å². The van der Waals surface area contributed by atoms with Crippen molar-refractivity contribution in [1.29, 1.82) is 0 Å². The zero-order chi connectivity index (χ0) is 11.7. The summed E-state index contributed by atoms with van der Waals surface area (Å²) in [7, 11) is 0. The van der Waals surface area contributed by atoms with Crippen LogP contribution in [0, 0.1) is 10.8 Å². The number of nitrogens with one attached hydrogen (secondary N) is 1. The minimum atomic E-state index is -0.250. The molecule has 0 spiro atoms. The molecule has 3 heteroatoms. The van der Waals surface area contributed by atoms with Crippen LogP contribution in [0.25, 0.3) is 0 Å². The molecule has 0 bridgehead atoms. The smallest absolute Gasteiger partial charge is 0.227 e. The number of carbonyl (C=O) groups excluding carboxylic acids is 1. The van der Waals surface area contributed by atoms with E-state index in [1.165, 1.54) is 0 Å². The quantitative estimate of drug-likeness (QED) is 0.747. The molecule has 0 heterocycles. The van der Waals surface area contributed by atoms with Gasteiger partial charge in [-0.3, -0.25) is 4.79 Å². The molecule has 0 aromatic rings. The van der Waals surface area contributed by atoms with Crippen LogP contribution in [0.3, 0.4) is 0 Å². The molecule has 0 aliphatic heterocycles. The molecule has 3 nitrogen and oxygen atoms in total. The van der Waals surface area contributed by atoms with Gasteiger partial charge in [0, 0.05) is 12.6 Å². The Hall–Kier alpha value is -0.570. The Bertz CT molecular complexity index is 233. The summed E-state index contributed by atoms with van der Waals surface area (Å²) >= 11 is 0. The zero-order valence-corrected chi connectivity index (χ0v) is 10.4. The van der Waals surface area contributed by atoms with E-state index >= 15 is 0 Å². The molecule has 1 unspecified atom stereocenters. The van der Waals surface area contributed by atoms with Crippen LogP contribution in [0.5, 0.6) is 0 Å². The van der Waals surface area contributed by atoms with Crippen LogP contribution in [0.1, 0.15) is 47.0 Å². The predicted molar refractivity (Wildman–Crippen MR) is 62.4 cm³/mol. The van der Waals surface area contributed by atoms with Crippen molar-refractivity contribution in [2.24, 2.45) is 16.6 Å². The summed E-state index contributed by atoms with van der Waals surface area (Å²) in [6, 6.07) is 0.189. The van der Waals surface area contributed by atoms with E-state index in [-0.39, 0.29) is 22.8 Å². The first-order valence-electron chi connectivity index (χ1n) is 5.83. The fraction of sp³-hybridized carbons (Fsp3) is 0.917. The third kappa shape index (κ3) is 2.51. The monoisotopic (exact) mass is 212 g/mol. The molecule has 1 amide bonds. The molecule has 1 fully saturated rings. The summed E-state index contributed by atoms with van der Waals surface area (Å²) in [6.07, 6.45) is 3.03. The largest absolute Gasteiger partial charge is 0.353 e. The van der Waals surface area contributed by atoms with Gasteiger partial charge in [-0.2, -0.15) is 0 Å². The van der Waals surface area contributed by atoms with Crippen molar-refractivity contribution < 1.29 is 4.79 Å². The molecule has 1 aliphatic rings. The average Bonchev–Trinajstić information content (AvgIpc) is 2.01. The van der Waals surface area contributed by atoms with E-state index in [9.17, 15) is 4.79 Å². The molecule has 15 heavy (non-hydrogen) atoms. The molecule has 1 rings (SSSR count). The van der Waals surface area contributed by atoms with Gasteiger partial charge in [-0.25, -0.2) is 0 Å². The topological polar surface area (TPSA) is 55.1 Å². The van der Waals surface area contributed by atoms with Crippen molar-refractivity contribution in [3.63, 3.8) is 0 Å². The fourth-order valence-corrected chi connectivity index (χ4v) is 1.69. The molecule has 0 saturated heterocycles. The summed E-state index contributed by atoms with van der Waals surface area (Å²) < 4.78 is 0. The second-order valence-electron chi connectivity index (χ2n) is 5.90. The molecule has 88 valence electrons. The Kier molecular flexibility index (Phi) is 3.44. The first kappa shape index (κ1) is 12.5. The van der Waals surface area contributed by atoms with Gasteiger partial charge >= 0.3 is 0 Å². The van der Waals surface area contributed by atoms with Crippen molar-refractivity contribution in [1.82, 2.24) is 5.32 Å². The number of hydrogen-bond acceptors (Lipinski definition) is 2. The Balaban J connectivity index is 2.55. The van der Waals surface area contributed by atoms with Crippen molar-refractivity contribution in [3.8, 4) is 0 Å². The number of carbonyl (C=O) groups is 1. The third-order valence-corrected chi connectivity index (χ3v) is 3.83. The van der Waals surface area contributed by atoms with E-state index in [1.807, 2.05) is 0 Å². The van der Waals surface area contributed by atoms with Crippen molar-refractivity contribution in [3.05, 3.63) is 0 Å². The molecule has 1 saturated carbocycles. The molecular weight excluding hydrogens is 188 g/mol. The maximum atomic E-state index is 12.0. The first-order valence-corrected chi connectivity index (χ1v) is 5.83. The molecule has 0 aromatic carbocycles. The standard InChI is InChI=1S/C12H24N2O/c1-9(11(2,3)4)14-10(15)12(8-13)6-5-7-12/h9H,5-8,13H2,1-4H3,(H,14,15). The van der Waals surface area contributed by atoms with Crippen LogP contribution in [0.2, 0.25) is 0 Å². The van der Waals surface area contributed by atoms with Crippen LogP contribution in [-0.2, 0) is 4.79 Å². The van der Waals surface area contributed by atoms with Crippen LogP contribution >= 0.6 is 0 Å². The lowest BCUT2D eigenvalue weighted by atomic mass is 9.68. The van der Waals surface area contributed by atoms with Crippen molar-refractivity contribution in [2.75, 3.05) is 6.54 Å². The van der Waals surface area contributed by atoms with Gasteiger partial charge in [0.15, 0.2) is 0 Å². The normalized spacial score (nSPS) is 21.7. The second-order valence-corrected chi connectivity index (χ2v) is 5.90. The minimum absolute atomic E-state index is 0.106. The maximum Gasteiger partial charge on any atom is 0.227 e. The van der Waals surface area contributed by atoms with Crippen molar-refractivity contribution in [2.45, 2.75) is 53.0 Å².